The minimum atomic E-state index is -1.14. The van der Waals surface area contributed by atoms with Gasteiger partial charge in [-0.25, -0.2) is 18.7 Å². The van der Waals surface area contributed by atoms with Crippen molar-refractivity contribution in [2.45, 2.75) is 25.5 Å². The van der Waals surface area contributed by atoms with Gasteiger partial charge in [0.25, 0.3) is 0 Å². The Morgan fingerprint density at radius 2 is 2.00 bits per heavy atom. The van der Waals surface area contributed by atoms with E-state index < -0.39 is 18.2 Å². The molecule has 1 aliphatic rings. The molecule has 2 aromatic carbocycles. The molecule has 1 fully saturated rings. The van der Waals surface area contributed by atoms with Crippen molar-refractivity contribution in [2.24, 2.45) is 0 Å². The van der Waals surface area contributed by atoms with Crippen molar-refractivity contribution in [3.63, 3.8) is 0 Å². The van der Waals surface area contributed by atoms with E-state index >= 15 is 0 Å². The molecule has 5 rings (SSSR count). The Hall–Kier alpha value is -4.47. The van der Waals surface area contributed by atoms with E-state index in [1.165, 1.54) is 12.1 Å². The quantitative estimate of drug-likeness (QED) is 0.436. The van der Waals surface area contributed by atoms with Crippen LogP contribution in [0.1, 0.15) is 25.0 Å². The van der Waals surface area contributed by atoms with Gasteiger partial charge in [-0.1, -0.05) is 24.3 Å². The summed E-state index contributed by atoms with van der Waals surface area (Å²) >= 11 is 0. The predicted molar refractivity (Wildman–Crippen MR) is 126 cm³/mol. The summed E-state index contributed by atoms with van der Waals surface area (Å²) in [5, 5.41) is 15.8. The number of nitrogens with one attached hydrogen (secondary N) is 1. The molecule has 4 aromatic rings. The summed E-state index contributed by atoms with van der Waals surface area (Å²) in [5.74, 6) is -0.0991. The van der Waals surface area contributed by atoms with Crippen LogP contribution in [0, 0.1) is 5.82 Å². The van der Waals surface area contributed by atoms with Crippen LogP contribution in [-0.2, 0) is 4.79 Å². The highest BCUT2D eigenvalue weighted by atomic mass is 19.1. The minimum absolute atomic E-state index is 0.127. The SMILES string of the molecule is C[C@@H](Oc1ccc2ncc(-c3ccc(N4C[C@H](NC(=O)O)CC4=O)cc3)n2n1)c1cccc(F)c1. The number of fused-ring (bicyclic) bond motifs is 1. The average Bonchev–Trinajstić information content (AvgIpc) is 3.41. The van der Waals surface area contributed by atoms with Gasteiger partial charge in [-0.15, -0.1) is 5.10 Å². The van der Waals surface area contributed by atoms with Gasteiger partial charge < -0.3 is 20.1 Å². The molecule has 1 saturated heterocycles. The molecule has 0 unspecified atom stereocenters. The molecule has 3 heterocycles. The first-order valence-electron chi connectivity index (χ1n) is 11.0. The Balaban J connectivity index is 1.36. The Morgan fingerprint density at radius 3 is 2.74 bits per heavy atom. The van der Waals surface area contributed by atoms with Crippen LogP contribution in [0.4, 0.5) is 14.9 Å². The smallest absolute Gasteiger partial charge is 0.404 e. The third-order valence-corrected chi connectivity index (χ3v) is 5.88. The average molecular weight is 475 g/mol. The molecule has 1 aliphatic heterocycles. The summed E-state index contributed by atoms with van der Waals surface area (Å²) in [6.07, 6.45) is 0.278. The third kappa shape index (κ3) is 4.63. The molecule has 2 atom stereocenters. The summed E-state index contributed by atoms with van der Waals surface area (Å²) in [4.78, 5) is 29.2. The van der Waals surface area contributed by atoms with E-state index in [0.29, 0.717) is 22.8 Å². The third-order valence-electron chi connectivity index (χ3n) is 5.88. The summed E-state index contributed by atoms with van der Waals surface area (Å²) in [7, 11) is 0. The number of amides is 2. The highest BCUT2D eigenvalue weighted by Gasteiger charge is 2.31. The number of nitrogens with zero attached hydrogens (tertiary/aromatic N) is 4. The molecule has 35 heavy (non-hydrogen) atoms. The maximum atomic E-state index is 13.6. The van der Waals surface area contributed by atoms with Crippen molar-refractivity contribution in [3.8, 4) is 17.1 Å². The van der Waals surface area contributed by atoms with Crippen LogP contribution in [0.25, 0.3) is 16.9 Å². The van der Waals surface area contributed by atoms with Gasteiger partial charge in [-0.3, -0.25) is 4.79 Å². The van der Waals surface area contributed by atoms with Gasteiger partial charge in [0.1, 0.15) is 11.9 Å². The number of hydrogen-bond acceptors (Lipinski definition) is 5. The summed E-state index contributed by atoms with van der Waals surface area (Å²) in [6, 6.07) is 16.6. The van der Waals surface area contributed by atoms with Gasteiger partial charge in [-0.05, 0) is 42.8 Å². The Labute approximate surface area is 199 Å². The highest BCUT2D eigenvalue weighted by molar-refractivity contribution is 5.96. The largest absolute Gasteiger partial charge is 0.469 e. The Bertz CT molecular complexity index is 1400. The van der Waals surface area contributed by atoms with E-state index in [-0.39, 0.29) is 24.7 Å². The van der Waals surface area contributed by atoms with Crippen molar-refractivity contribution < 1.29 is 23.8 Å². The van der Waals surface area contributed by atoms with Crippen LogP contribution in [0.3, 0.4) is 0 Å². The zero-order valence-electron chi connectivity index (χ0n) is 18.8. The summed E-state index contributed by atoms with van der Waals surface area (Å²) in [6.45, 7) is 2.11. The number of hydrogen-bond donors (Lipinski definition) is 2. The number of carbonyl (C=O) groups excluding carboxylic acids is 1. The highest BCUT2D eigenvalue weighted by Crippen LogP contribution is 2.28. The van der Waals surface area contributed by atoms with Gasteiger partial charge in [0, 0.05) is 30.3 Å². The number of rotatable bonds is 6. The van der Waals surface area contributed by atoms with Crippen LogP contribution >= 0.6 is 0 Å². The lowest BCUT2D eigenvalue weighted by molar-refractivity contribution is -0.117. The van der Waals surface area contributed by atoms with Crippen molar-refractivity contribution in [1.82, 2.24) is 19.9 Å². The molecule has 178 valence electrons. The monoisotopic (exact) mass is 475 g/mol. The predicted octanol–water partition coefficient (Wildman–Crippen LogP) is 4.05. The second-order valence-corrected chi connectivity index (χ2v) is 8.30. The fourth-order valence-corrected chi connectivity index (χ4v) is 4.17. The van der Waals surface area contributed by atoms with Gasteiger partial charge in [0.15, 0.2) is 5.65 Å². The second kappa shape index (κ2) is 9.05. The number of anilines is 1. The van der Waals surface area contributed by atoms with Crippen molar-refractivity contribution in [3.05, 3.63) is 78.2 Å². The number of carbonyl (C=O) groups is 2. The molecule has 9 nitrogen and oxygen atoms in total. The van der Waals surface area contributed by atoms with Gasteiger partial charge in [-0.2, -0.15) is 0 Å². The van der Waals surface area contributed by atoms with E-state index in [4.69, 9.17) is 9.84 Å². The molecular formula is C25H22FN5O4. The molecule has 0 bridgehead atoms. The van der Waals surface area contributed by atoms with Crippen LogP contribution in [-0.4, -0.2) is 44.3 Å². The number of halogens is 1. The number of carboxylic acid groups (broad SMARTS) is 1. The van der Waals surface area contributed by atoms with Gasteiger partial charge in [0.2, 0.25) is 11.8 Å². The zero-order chi connectivity index (χ0) is 24.5. The fourth-order valence-electron chi connectivity index (χ4n) is 4.17. The van der Waals surface area contributed by atoms with E-state index in [2.05, 4.69) is 15.4 Å². The molecule has 10 heteroatoms. The zero-order valence-corrected chi connectivity index (χ0v) is 18.8. The summed E-state index contributed by atoms with van der Waals surface area (Å²) in [5.41, 5.74) is 3.57. The first kappa shape index (κ1) is 22.3. The molecule has 2 N–H and O–H groups in total. The first-order valence-corrected chi connectivity index (χ1v) is 11.0. The van der Waals surface area contributed by atoms with E-state index in [0.717, 1.165) is 11.3 Å². The second-order valence-electron chi connectivity index (χ2n) is 8.30. The molecule has 0 saturated carbocycles. The molecule has 0 radical (unpaired) electrons. The Morgan fingerprint density at radius 1 is 1.20 bits per heavy atom. The fraction of sp³-hybridized carbons (Fsp3) is 0.200. The van der Waals surface area contributed by atoms with E-state index in [1.807, 2.05) is 31.2 Å². The van der Waals surface area contributed by atoms with Crippen LogP contribution in [0.5, 0.6) is 5.88 Å². The van der Waals surface area contributed by atoms with Crippen LogP contribution < -0.4 is 15.0 Å². The maximum Gasteiger partial charge on any atom is 0.404 e. The van der Waals surface area contributed by atoms with E-state index in [1.54, 1.807) is 39.9 Å². The maximum absolute atomic E-state index is 13.6. The topological polar surface area (TPSA) is 109 Å². The first-order chi connectivity index (χ1) is 16.9. The standard InChI is InChI=1S/C25H22FN5O4/c1-15(17-3-2-4-18(26)11-17)35-23-10-9-22-27-13-21(31(22)29-23)16-5-7-20(8-6-16)30-14-19(12-24(30)32)28-25(33)34/h2-11,13,15,19,28H,12,14H2,1H3,(H,33,34)/t15-,19-/m1/s1. The van der Waals surface area contributed by atoms with Gasteiger partial charge >= 0.3 is 6.09 Å². The Kier molecular flexibility index (Phi) is 5.77. The van der Waals surface area contributed by atoms with E-state index in [9.17, 15) is 14.0 Å². The minimum Gasteiger partial charge on any atom is -0.469 e. The lowest BCUT2D eigenvalue weighted by atomic mass is 10.1. The molecular weight excluding hydrogens is 453 g/mol. The summed E-state index contributed by atoms with van der Waals surface area (Å²) < 4.78 is 21.2. The lowest BCUT2D eigenvalue weighted by Crippen LogP contribution is -2.36. The van der Waals surface area contributed by atoms with Crippen molar-refractivity contribution >= 4 is 23.3 Å². The lowest BCUT2D eigenvalue weighted by Gasteiger charge is -2.17. The molecule has 2 amide bonds. The molecule has 0 aliphatic carbocycles. The normalized spacial score (nSPS) is 16.5. The molecule has 2 aromatic heterocycles. The van der Waals surface area contributed by atoms with Crippen LogP contribution in [0.2, 0.25) is 0 Å². The number of benzene rings is 2. The van der Waals surface area contributed by atoms with Gasteiger partial charge in [0.05, 0.1) is 17.9 Å². The van der Waals surface area contributed by atoms with Crippen molar-refractivity contribution in [1.29, 1.82) is 0 Å². The molecule has 0 spiro atoms. The van der Waals surface area contributed by atoms with Crippen LogP contribution in [0.15, 0.2) is 66.9 Å². The number of imidazole rings is 1. The van der Waals surface area contributed by atoms with Crippen molar-refractivity contribution in [2.75, 3.05) is 11.4 Å². The number of ether oxygens (including phenoxy) is 1. The number of aromatic nitrogens is 3.